The maximum absolute atomic E-state index is 4.94. The maximum atomic E-state index is 4.94. The second kappa shape index (κ2) is 7.62. The molecule has 3 heteroatoms. The number of rotatable bonds is 5. The minimum atomic E-state index is 0.778. The predicted molar refractivity (Wildman–Crippen MR) is 102 cm³/mol. The fourth-order valence-corrected chi connectivity index (χ4v) is 3.58. The van der Waals surface area contributed by atoms with Crippen LogP contribution in [0.5, 0.6) is 0 Å². The summed E-state index contributed by atoms with van der Waals surface area (Å²) in [5.41, 5.74) is 5.34. The molecule has 1 fully saturated rings. The van der Waals surface area contributed by atoms with E-state index in [1.54, 1.807) is 0 Å². The Labute approximate surface area is 142 Å². The van der Waals surface area contributed by atoms with Crippen molar-refractivity contribution in [3.63, 3.8) is 0 Å². The Kier molecular flexibility index (Phi) is 5.54. The zero-order valence-corrected chi connectivity index (χ0v) is 15.7. The summed E-state index contributed by atoms with van der Waals surface area (Å²) in [5.74, 6) is 0.778. The van der Waals surface area contributed by atoms with Gasteiger partial charge in [0.2, 0.25) is 0 Å². The predicted octanol–water partition coefficient (Wildman–Crippen LogP) is 5.52. The molecule has 0 saturated heterocycles. The van der Waals surface area contributed by atoms with Crippen molar-refractivity contribution >= 4 is 14.8 Å². The fourth-order valence-electron chi connectivity index (χ4n) is 3.35. The molecule has 3 rings (SSSR count). The van der Waals surface area contributed by atoms with Gasteiger partial charge in [-0.25, -0.2) is 0 Å². The van der Waals surface area contributed by atoms with Crippen LogP contribution in [0, 0.1) is 5.92 Å². The Morgan fingerprint density at radius 3 is 2.87 bits per heavy atom. The quantitative estimate of drug-likeness (QED) is 0.514. The van der Waals surface area contributed by atoms with Crippen LogP contribution in [0.25, 0.3) is 5.57 Å². The fraction of sp³-hybridized carbons (Fsp3) is 0.550. The number of hydrogen-bond donors (Lipinski definition) is 0. The third-order valence-corrected chi connectivity index (χ3v) is 5.51. The monoisotopic (exact) mass is 328 g/mol. The van der Waals surface area contributed by atoms with Gasteiger partial charge in [0.15, 0.2) is 0 Å². The highest BCUT2D eigenvalue weighted by atomic mass is 31.0. The summed E-state index contributed by atoms with van der Waals surface area (Å²) >= 11 is 0. The van der Waals surface area contributed by atoms with E-state index in [0.29, 0.717) is 0 Å². The van der Waals surface area contributed by atoms with Crippen molar-refractivity contribution in [2.24, 2.45) is 5.92 Å². The lowest BCUT2D eigenvalue weighted by molar-refractivity contribution is 0.575. The Morgan fingerprint density at radius 1 is 1.35 bits per heavy atom. The second-order valence-corrected chi connectivity index (χ2v) is 7.37. The van der Waals surface area contributed by atoms with Gasteiger partial charge in [-0.2, -0.15) is 5.10 Å². The highest BCUT2D eigenvalue weighted by Crippen LogP contribution is 2.40. The molecule has 0 amide bonds. The van der Waals surface area contributed by atoms with Crippen molar-refractivity contribution in [1.29, 1.82) is 0 Å². The Morgan fingerprint density at radius 2 is 2.17 bits per heavy atom. The molecule has 23 heavy (non-hydrogen) atoms. The van der Waals surface area contributed by atoms with E-state index in [1.165, 1.54) is 60.7 Å². The van der Waals surface area contributed by atoms with E-state index in [1.807, 2.05) is 0 Å². The lowest BCUT2D eigenvalue weighted by Gasteiger charge is -2.08. The van der Waals surface area contributed by atoms with E-state index in [4.69, 9.17) is 5.10 Å². The average Bonchev–Trinajstić information content (AvgIpc) is 3.36. The SMILES string of the molecule is C\C=C(P)/C(=C\C(=C\CC)C1CC1)c1cc2n(n1)CCCCC2. The van der Waals surface area contributed by atoms with Crippen LogP contribution in [0.1, 0.15) is 63.8 Å². The summed E-state index contributed by atoms with van der Waals surface area (Å²) in [6.07, 6.45) is 15.8. The summed E-state index contributed by atoms with van der Waals surface area (Å²) in [6.45, 7) is 5.41. The lowest BCUT2D eigenvalue weighted by Crippen LogP contribution is -2.02. The minimum Gasteiger partial charge on any atom is -0.269 e. The third-order valence-electron chi connectivity index (χ3n) is 4.86. The van der Waals surface area contributed by atoms with Gasteiger partial charge in [-0.05, 0) is 74.4 Å². The first-order valence-electron chi connectivity index (χ1n) is 9.14. The lowest BCUT2D eigenvalue weighted by atomic mass is 10.0. The van der Waals surface area contributed by atoms with Gasteiger partial charge < -0.3 is 0 Å². The molecule has 1 aromatic heterocycles. The van der Waals surface area contributed by atoms with Crippen LogP contribution >= 0.6 is 9.24 Å². The number of fused-ring (bicyclic) bond motifs is 1. The molecule has 0 bridgehead atoms. The molecule has 1 atom stereocenters. The smallest absolute Gasteiger partial charge is 0.0932 e. The van der Waals surface area contributed by atoms with Crippen molar-refractivity contribution < 1.29 is 0 Å². The minimum absolute atomic E-state index is 0.778. The number of hydrogen-bond acceptors (Lipinski definition) is 1. The molecular formula is C20H29N2P. The van der Waals surface area contributed by atoms with E-state index < -0.39 is 0 Å². The summed E-state index contributed by atoms with van der Waals surface area (Å²) in [5, 5.41) is 6.19. The first-order chi connectivity index (χ1) is 11.2. The number of aromatic nitrogens is 2. The molecular weight excluding hydrogens is 299 g/mol. The molecule has 1 aromatic rings. The largest absolute Gasteiger partial charge is 0.269 e. The highest BCUT2D eigenvalue weighted by molar-refractivity contribution is 7.24. The van der Waals surface area contributed by atoms with Gasteiger partial charge in [0.05, 0.1) is 5.69 Å². The number of aryl methyl sites for hydroxylation is 2. The molecule has 2 heterocycles. The van der Waals surface area contributed by atoms with Crippen molar-refractivity contribution in [3.8, 4) is 0 Å². The van der Waals surface area contributed by atoms with Gasteiger partial charge in [0.25, 0.3) is 0 Å². The highest BCUT2D eigenvalue weighted by Gasteiger charge is 2.25. The van der Waals surface area contributed by atoms with Crippen molar-refractivity contribution in [3.05, 3.63) is 46.6 Å². The van der Waals surface area contributed by atoms with Gasteiger partial charge in [-0.3, -0.25) is 4.68 Å². The number of nitrogens with zero attached hydrogens (tertiary/aromatic N) is 2. The summed E-state index contributed by atoms with van der Waals surface area (Å²) in [4.78, 5) is 0. The summed E-state index contributed by atoms with van der Waals surface area (Å²) in [7, 11) is 2.90. The van der Waals surface area contributed by atoms with E-state index in [-0.39, 0.29) is 0 Å². The van der Waals surface area contributed by atoms with Gasteiger partial charge in [0, 0.05) is 17.8 Å². The molecule has 2 nitrogen and oxygen atoms in total. The summed E-state index contributed by atoms with van der Waals surface area (Å²) < 4.78 is 2.24. The maximum Gasteiger partial charge on any atom is 0.0932 e. The molecule has 1 aliphatic heterocycles. The third kappa shape index (κ3) is 4.04. The first kappa shape index (κ1) is 16.7. The Hall–Kier alpha value is -1.14. The second-order valence-electron chi connectivity index (χ2n) is 6.74. The van der Waals surface area contributed by atoms with E-state index >= 15 is 0 Å². The van der Waals surface area contributed by atoms with Crippen molar-refractivity contribution in [2.75, 3.05) is 0 Å². The zero-order valence-electron chi connectivity index (χ0n) is 14.5. The van der Waals surface area contributed by atoms with E-state index in [9.17, 15) is 0 Å². The Bertz CT molecular complexity index is 621. The average molecular weight is 328 g/mol. The topological polar surface area (TPSA) is 17.8 Å². The molecule has 0 radical (unpaired) electrons. The van der Waals surface area contributed by atoms with Gasteiger partial charge in [-0.15, -0.1) is 9.24 Å². The van der Waals surface area contributed by atoms with Crippen LogP contribution in [0.2, 0.25) is 0 Å². The Balaban J connectivity index is 1.98. The molecule has 1 aliphatic carbocycles. The molecule has 0 aromatic carbocycles. The van der Waals surface area contributed by atoms with Gasteiger partial charge >= 0.3 is 0 Å². The standard InChI is InChI=1S/C20H29N2P/c1-3-8-16(15-10-11-15)13-18(20(23)4-2)19-14-17-9-6-5-7-12-22(17)21-19/h4,8,13-15H,3,5-7,9-12,23H2,1-2H3/b16-8-,18-13-,20-4+. The van der Waals surface area contributed by atoms with Crippen molar-refractivity contribution in [1.82, 2.24) is 9.78 Å². The molecule has 1 saturated carbocycles. The van der Waals surface area contributed by atoms with Crippen LogP contribution < -0.4 is 0 Å². The van der Waals surface area contributed by atoms with Crippen molar-refractivity contribution in [2.45, 2.75) is 65.3 Å². The van der Waals surface area contributed by atoms with Crippen LogP contribution in [0.4, 0.5) is 0 Å². The van der Waals surface area contributed by atoms with Crippen LogP contribution in [-0.4, -0.2) is 9.78 Å². The molecule has 2 aliphatic rings. The number of allylic oxidation sites excluding steroid dienone is 6. The van der Waals surface area contributed by atoms with Gasteiger partial charge in [0.1, 0.15) is 0 Å². The first-order valence-corrected chi connectivity index (χ1v) is 9.71. The molecule has 1 unspecified atom stereocenters. The normalized spacial score (nSPS) is 20.4. The van der Waals surface area contributed by atoms with Gasteiger partial charge in [-0.1, -0.05) is 25.5 Å². The van der Waals surface area contributed by atoms with E-state index in [2.05, 4.69) is 52.1 Å². The van der Waals surface area contributed by atoms with Crippen LogP contribution in [0.15, 0.2) is 35.2 Å². The van der Waals surface area contributed by atoms with Crippen LogP contribution in [0.3, 0.4) is 0 Å². The molecule has 124 valence electrons. The summed E-state index contributed by atoms with van der Waals surface area (Å²) in [6, 6.07) is 2.32. The zero-order chi connectivity index (χ0) is 16.2. The van der Waals surface area contributed by atoms with Crippen LogP contribution in [-0.2, 0) is 13.0 Å². The molecule has 0 spiro atoms. The molecule has 0 N–H and O–H groups in total. The van der Waals surface area contributed by atoms with E-state index in [0.717, 1.165) is 24.6 Å².